The molecule has 0 radical (unpaired) electrons. The molecule has 0 heterocycles. The summed E-state index contributed by atoms with van der Waals surface area (Å²) in [6.07, 6.45) is 3.49. The van der Waals surface area contributed by atoms with Gasteiger partial charge in [-0.15, -0.1) is 0 Å². The summed E-state index contributed by atoms with van der Waals surface area (Å²) in [5, 5.41) is 0. The molecule has 192 valence electrons. The monoisotopic (exact) mass is 484 g/mol. The molecule has 0 aromatic heterocycles. The largest absolute Gasteiger partial charge is 0.462 e. The summed E-state index contributed by atoms with van der Waals surface area (Å²) in [7, 11) is 0. The van der Waals surface area contributed by atoms with Crippen LogP contribution >= 0.6 is 0 Å². The molecule has 0 amide bonds. The summed E-state index contributed by atoms with van der Waals surface area (Å²) >= 11 is 0. The number of rotatable bonds is 18. The quantitative estimate of drug-likeness (QED) is 0.124. The molecule has 0 atom stereocenters. The fourth-order valence-electron chi connectivity index (χ4n) is 1.62. The van der Waals surface area contributed by atoms with Crippen molar-refractivity contribution in [2.75, 3.05) is 52.9 Å². The van der Waals surface area contributed by atoms with E-state index >= 15 is 0 Å². The number of carbonyl (C=O) groups excluding carboxylic acids is 4. The third-order valence-corrected chi connectivity index (χ3v) is 3.35. The average Bonchev–Trinajstić information content (AvgIpc) is 2.81. The molecular formula is C24H36O10. The second kappa shape index (κ2) is 22.9. The molecule has 0 aliphatic carbocycles. The van der Waals surface area contributed by atoms with E-state index in [2.05, 4.69) is 35.8 Å². The molecule has 0 N–H and O–H groups in total. The van der Waals surface area contributed by atoms with Crippen LogP contribution in [0.2, 0.25) is 0 Å². The Morgan fingerprint density at radius 2 is 0.882 bits per heavy atom. The van der Waals surface area contributed by atoms with Gasteiger partial charge >= 0.3 is 23.9 Å². The van der Waals surface area contributed by atoms with E-state index in [0.29, 0.717) is 63.6 Å². The highest BCUT2D eigenvalue weighted by Gasteiger charge is 2.04. The first-order chi connectivity index (χ1) is 16.1. The van der Waals surface area contributed by atoms with Crippen molar-refractivity contribution < 1.29 is 47.6 Å². The fraction of sp³-hybridized carbons (Fsp3) is 0.500. The van der Waals surface area contributed by atoms with Crippen molar-refractivity contribution in [2.24, 2.45) is 0 Å². The van der Waals surface area contributed by atoms with Crippen molar-refractivity contribution in [3.05, 3.63) is 49.6 Å². The van der Waals surface area contributed by atoms with Crippen molar-refractivity contribution in [2.45, 2.75) is 26.7 Å². The van der Waals surface area contributed by atoms with Crippen molar-refractivity contribution in [3.8, 4) is 0 Å². The summed E-state index contributed by atoms with van der Waals surface area (Å²) in [6, 6.07) is 0. The Hall–Kier alpha value is -3.24. The Balaban J connectivity index is 0. The summed E-state index contributed by atoms with van der Waals surface area (Å²) in [5.41, 5.74) is 0.766. The first-order valence-electron chi connectivity index (χ1n) is 10.5. The average molecular weight is 485 g/mol. The van der Waals surface area contributed by atoms with Crippen LogP contribution in [0.4, 0.5) is 0 Å². The van der Waals surface area contributed by atoms with Gasteiger partial charge in [0.2, 0.25) is 0 Å². The molecule has 0 saturated heterocycles. The van der Waals surface area contributed by atoms with Crippen LogP contribution in [0, 0.1) is 0 Å². The van der Waals surface area contributed by atoms with Gasteiger partial charge in [-0.05, 0) is 26.7 Å². The van der Waals surface area contributed by atoms with Gasteiger partial charge in [-0.25, -0.2) is 19.2 Å². The Kier molecular flexibility index (Phi) is 22.2. The molecule has 0 rings (SSSR count). The molecule has 0 aliphatic rings. The van der Waals surface area contributed by atoms with E-state index in [-0.39, 0.29) is 25.2 Å². The Morgan fingerprint density at radius 1 is 0.559 bits per heavy atom. The lowest BCUT2D eigenvalue weighted by atomic mass is 10.3. The lowest BCUT2D eigenvalue weighted by molar-refractivity contribution is -0.141. The minimum atomic E-state index is -0.473. The lowest BCUT2D eigenvalue weighted by Crippen LogP contribution is -2.13. The van der Waals surface area contributed by atoms with E-state index in [1.54, 1.807) is 13.8 Å². The maximum Gasteiger partial charge on any atom is 0.333 e. The molecule has 0 unspecified atom stereocenters. The molecular weight excluding hydrogens is 448 g/mol. The molecule has 0 spiro atoms. The normalized spacial score (nSPS) is 9.47. The van der Waals surface area contributed by atoms with E-state index in [0.717, 1.165) is 12.2 Å². The standard InChI is InChI=1S/C12H18O6.C12H18O4/c1-3-11(13)17-9-7-15-5-6-16-8-10-18-12(14)4-2;1-9(2)11(13)15-7-5-6-8-16-12(14)10(3)4/h3-4H,1-2,5-10H2;1,3,5-8H2,2,4H3. The van der Waals surface area contributed by atoms with Gasteiger partial charge < -0.3 is 28.4 Å². The van der Waals surface area contributed by atoms with E-state index in [1.807, 2.05) is 0 Å². The number of carbonyl (C=O) groups is 4. The molecule has 0 saturated carbocycles. The zero-order valence-corrected chi connectivity index (χ0v) is 20.1. The van der Waals surface area contributed by atoms with Crippen LogP contribution in [0.3, 0.4) is 0 Å². The van der Waals surface area contributed by atoms with E-state index in [4.69, 9.17) is 18.9 Å². The van der Waals surface area contributed by atoms with Gasteiger partial charge in [-0.2, -0.15) is 0 Å². The predicted octanol–water partition coefficient (Wildman–Crippen LogP) is 2.48. The van der Waals surface area contributed by atoms with Gasteiger partial charge in [0.25, 0.3) is 0 Å². The van der Waals surface area contributed by atoms with Crippen LogP contribution in [-0.2, 0) is 47.6 Å². The highest BCUT2D eigenvalue weighted by Crippen LogP contribution is 1.98. The molecule has 0 aromatic rings. The SMILES string of the molecule is C=C(C)C(=O)OCCCCOC(=O)C(=C)C.C=CC(=O)OCCOCCOCCOC(=O)C=C. The van der Waals surface area contributed by atoms with Crippen molar-refractivity contribution in [1.82, 2.24) is 0 Å². The highest BCUT2D eigenvalue weighted by molar-refractivity contribution is 5.87. The molecule has 0 bridgehead atoms. The van der Waals surface area contributed by atoms with Crippen LogP contribution in [0.1, 0.15) is 26.7 Å². The van der Waals surface area contributed by atoms with Gasteiger partial charge in [0.15, 0.2) is 0 Å². The smallest absolute Gasteiger partial charge is 0.333 e. The summed E-state index contributed by atoms with van der Waals surface area (Å²) in [4.78, 5) is 43.2. The van der Waals surface area contributed by atoms with E-state index < -0.39 is 11.9 Å². The lowest BCUT2D eigenvalue weighted by Gasteiger charge is -2.06. The maximum atomic E-state index is 11.0. The maximum absolute atomic E-state index is 11.0. The minimum Gasteiger partial charge on any atom is -0.462 e. The van der Waals surface area contributed by atoms with Gasteiger partial charge in [-0.3, -0.25) is 0 Å². The fourth-order valence-corrected chi connectivity index (χ4v) is 1.62. The molecule has 10 nitrogen and oxygen atoms in total. The van der Waals surface area contributed by atoms with Crippen LogP contribution in [0.25, 0.3) is 0 Å². The second-order valence-electron chi connectivity index (χ2n) is 6.51. The van der Waals surface area contributed by atoms with Crippen molar-refractivity contribution in [3.63, 3.8) is 0 Å². The second-order valence-corrected chi connectivity index (χ2v) is 6.51. The van der Waals surface area contributed by atoms with Gasteiger partial charge in [0.05, 0.1) is 39.6 Å². The van der Waals surface area contributed by atoms with Gasteiger partial charge in [0, 0.05) is 23.3 Å². The molecule has 0 aliphatic heterocycles. The highest BCUT2D eigenvalue weighted by atomic mass is 16.6. The van der Waals surface area contributed by atoms with Gasteiger partial charge in [-0.1, -0.05) is 26.3 Å². The van der Waals surface area contributed by atoms with Crippen LogP contribution in [0.5, 0.6) is 0 Å². The van der Waals surface area contributed by atoms with Crippen LogP contribution in [-0.4, -0.2) is 76.7 Å². The summed E-state index contributed by atoms with van der Waals surface area (Å²) in [5.74, 6) is -1.73. The number of hydrogen-bond donors (Lipinski definition) is 0. The Labute approximate surface area is 201 Å². The molecule has 0 aromatic carbocycles. The number of hydrogen-bond acceptors (Lipinski definition) is 10. The summed E-state index contributed by atoms with van der Waals surface area (Å²) in [6.45, 7) is 19.0. The zero-order chi connectivity index (χ0) is 26.2. The van der Waals surface area contributed by atoms with Crippen LogP contribution < -0.4 is 0 Å². The predicted molar refractivity (Wildman–Crippen MR) is 125 cm³/mol. The first-order valence-corrected chi connectivity index (χ1v) is 10.5. The summed E-state index contributed by atoms with van der Waals surface area (Å²) < 4.78 is 29.3. The number of unbranched alkanes of at least 4 members (excludes halogenated alkanes) is 1. The topological polar surface area (TPSA) is 124 Å². The van der Waals surface area contributed by atoms with E-state index in [1.165, 1.54) is 0 Å². The third kappa shape index (κ3) is 23.4. The number of ether oxygens (including phenoxy) is 6. The van der Waals surface area contributed by atoms with Crippen molar-refractivity contribution in [1.29, 1.82) is 0 Å². The van der Waals surface area contributed by atoms with Crippen molar-refractivity contribution >= 4 is 23.9 Å². The molecule has 10 heteroatoms. The Bertz CT molecular complexity index is 623. The first kappa shape index (κ1) is 32.9. The third-order valence-electron chi connectivity index (χ3n) is 3.35. The minimum absolute atomic E-state index is 0.182. The molecule has 0 fully saturated rings. The van der Waals surface area contributed by atoms with E-state index in [9.17, 15) is 19.2 Å². The molecule has 34 heavy (non-hydrogen) atoms. The van der Waals surface area contributed by atoms with Gasteiger partial charge in [0.1, 0.15) is 13.2 Å². The zero-order valence-electron chi connectivity index (χ0n) is 20.1. The Morgan fingerprint density at radius 3 is 1.18 bits per heavy atom. The van der Waals surface area contributed by atoms with Crippen LogP contribution in [0.15, 0.2) is 49.6 Å². The number of esters is 4.